The van der Waals surface area contributed by atoms with E-state index >= 15 is 0 Å². The Morgan fingerprint density at radius 3 is 1.04 bits per heavy atom. The van der Waals surface area contributed by atoms with E-state index in [2.05, 4.69) is 158 Å². The molecule has 0 aliphatic heterocycles. The molecule has 0 unspecified atom stereocenters. The van der Waals surface area contributed by atoms with E-state index in [4.69, 9.17) is 4.42 Å². The molecular weight excluding hydrogens is 653 g/mol. The first-order valence-corrected chi connectivity index (χ1v) is 19.6. The normalized spacial score (nSPS) is 12.0. The second-order valence-corrected chi connectivity index (χ2v) is 16.5. The van der Waals surface area contributed by atoms with Crippen LogP contribution in [-0.2, 0) is 0 Å². The number of fused-ring (bicyclic) bond motifs is 5. The summed E-state index contributed by atoms with van der Waals surface area (Å²) in [5, 5.41) is 8.02. The molecule has 0 spiro atoms. The molecule has 0 aliphatic carbocycles. The Morgan fingerprint density at radius 1 is 0.241 bits per heavy atom. The van der Waals surface area contributed by atoms with Gasteiger partial charge in [0.2, 0.25) is 0 Å². The molecule has 0 aliphatic rings. The van der Waals surface area contributed by atoms with E-state index < -0.39 is 0 Å². The number of benzene rings is 7. The summed E-state index contributed by atoms with van der Waals surface area (Å²) in [5.41, 5.74) is 29.9. The molecule has 0 atom stereocenters. The van der Waals surface area contributed by atoms with Crippen LogP contribution in [0.15, 0.2) is 59.0 Å². The molecule has 0 saturated heterocycles. The van der Waals surface area contributed by atoms with Gasteiger partial charge in [-0.2, -0.15) is 0 Å². The molecule has 1 heteroatoms. The zero-order valence-corrected chi connectivity index (χ0v) is 35.1. The van der Waals surface area contributed by atoms with Crippen molar-refractivity contribution in [2.45, 2.75) is 104 Å². The van der Waals surface area contributed by atoms with Crippen molar-refractivity contribution in [1.29, 1.82) is 0 Å². The van der Waals surface area contributed by atoms with Crippen molar-refractivity contribution in [2.75, 3.05) is 0 Å². The molecule has 0 N–H and O–H groups in total. The lowest BCUT2D eigenvalue weighted by molar-refractivity contribution is 0.661. The minimum absolute atomic E-state index is 1.03. The van der Waals surface area contributed by atoms with Crippen LogP contribution >= 0.6 is 0 Å². The summed E-state index contributed by atoms with van der Waals surface area (Å²) in [6.07, 6.45) is 0. The van der Waals surface area contributed by atoms with E-state index in [1.807, 2.05) is 0 Å². The molecule has 54 heavy (non-hydrogen) atoms. The molecule has 0 saturated carbocycles. The number of hydrogen-bond donors (Lipinski definition) is 0. The average Bonchev–Trinajstić information content (AvgIpc) is 3.58. The van der Waals surface area contributed by atoms with Crippen LogP contribution < -0.4 is 0 Å². The van der Waals surface area contributed by atoms with Gasteiger partial charge in [-0.25, -0.2) is 0 Å². The molecule has 1 heterocycles. The standard InChI is InChI=1S/C53H54O/c1-25-27(3)34(10)45-43(32(25)8)49(42-23-21-41(22-24-42)40-19-17-16-18-20-40)44-33(9)26(2)28(4)35(11)46(44)50(45)47-36(12)31(7)39(15)53-51(47)48-37(13)29(5)30(6)38(14)52(48)54-53/h16-24H,1-15H3. The predicted octanol–water partition coefficient (Wildman–Crippen LogP) is 15.5. The Kier molecular flexibility index (Phi) is 8.27. The van der Waals surface area contributed by atoms with Crippen LogP contribution in [0.2, 0.25) is 0 Å². The maximum atomic E-state index is 7.09. The molecule has 7 aromatic carbocycles. The van der Waals surface area contributed by atoms with E-state index in [1.165, 1.54) is 149 Å². The van der Waals surface area contributed by atoms with E-state index in [1.54, 1.807) is 0 Å². The van der Waals surface area contributed by atoms with Crippen molar-refractivity contribution < 1.29 is 4.42 Å². The van der Waals surface area contributed by atoms with E-state index in [9.17, 15) is 0 Å². The van der Waals surface area contributed by atoms with E-state index in [0.29, 0.717) is 0 Å². The Hall–Kier alpha value is -5.14. The fourth-order valence-electron chi connectivity index (χ4n) is 9.74. The number of aryl methyl sites for hydroxylation is 7. The first-order chi connectivity index (χ1) is 25.6. The van der Waals surface area contributed by atoms with Gasteiger partial charge in [0.15, 0.2) is 0 Å². The maximum absolute atomic E-state index is 7.09. The number of furan rings is 1. The summed E-state index contributed by atoms with van der Waals surface area (Å²) in [4.78, 5) is 0. The van der Waals surface area contributed by atoms with Crippen molar-refractivity contribution in [1.82, 2.24) is 0 Å². The highest BCUT2D eigenvalue weighted by Crippen LogP contribution is 2.54. The lowest BCUT2D eigenvalue weighted by Gasteiger charge is -2.28. The van der Waals surface area contributed by atoms with Crippen molar-refractivity contribution in [3.8, 4) is 33.4 Å². The van der Waals surface area contributed by atoms with Crippen molar-refractivity contribution in [3.05, 3.63) is 138 Å². The molecule has 0 bridgehead atoms. The van der Waals surface area contributed by atoms with Crippen LogP contribution in [0.1, 0.15) is 83.5 Å². The minimum atomic E-state index is 1.03. The second kappa shape index (κ2) is 12.5. The summed E-state index contributed by atoms with van der Waals surface area (Å²) < 4.78 is 7.09. The fraction of sp³-hybridized carbons (Fsp3) is 0.283. The third kappa shape index (κ3) is 4.70. The third-order valence-electron chi connectivity index (χ3n) is 14.3. The molecule has 0 fully saturated rings. The second-order valence-electron chi connectivity index (χ2n) is 16.5. The van der Waals surface area contributed by atoms with Gasteiger partial charge in [0, 0.05) is 10.8 Å². The van der Waals surface area contributed by atoms with Crippen LogP contribution in [0.4, 0.5) is 0 Å². The van der Waals surface area contributed by atoms with Gasteiger partial charge in [0.25, 0.3) is 0 Å². The van der Waals surface area contributed by atoms with Gasteiger partial charge in [-0.05, 0) is 242 Å². The summed E-state index contributed by atoms with van der Waals surface area (Å²) in [6.45, 7) is 34.7. The van der Waals surface area contributed by atoms with E-state index in [0.717, 1.165) is 11.2 Å². The van der Waals surface area contributed by atoms with Gasteiger partial charge in [-0.3, -0.25) is 0 Å². The van der Waals surface area contributed by atoms with Crippen molar-refractivity contribution >= 4 is 43.5 Å². The summed E-state index contributed by atoms with van der Waals surface area (Å²) >= 11 is 0. The first kappa shape index (κ1) is 35.9. The maximum Gasteiger partial charge on any atom is 0.139 e. The molecule has 1 aromatic heterocycles. The Labute approximate surface area is 322 Å². The quantitative estimate of drug-likeness (QED) is 0.167. The van der Waals surface area contributed by atoms with Gasteiger partial charge in [-0.15, -0.1) is 0 Å². The number of rotatable bonds is 3. The monoisotopic (exact) mass is 706 g/mol. The fourth-order valence-corrected chi connectivity index (χ4v) is 9.74. The van der Waals surface area contributed by atoms with E-state index in [-0.39, 0.29) is 0 Å². The van der Waals surface area contributed by atoms with Gasteiger partial charge in [0.1, 0.15) is 11.2 Å². The van der Waals surface area contributed by atoms with Gasteiger partial charge in [-0.1, -0.05) is 54.6 Å². The topological polar surface area (TPSA) is 13.1 Å². The predicted molar refractivity (Wildman–Crippen MR) is 236 cm³/mol. The van der Waals surface area contributed by atoms with Crippen LogP contribution in [0.3, 0.4) is 0 Å². The summed E-state index contributed by atoms with van der Waals surface area (Å²) in [5.74, 6) is 0. The zero-order chi connectivity index (χ0) is 38.8. The Bertz CT molecular complexity index is 2850. The average molecular weight is 707 g/mol. The van der Waals surface area contributed by atoms with Crippen LogP contribution in [0, 0.1) is 104 Å². The van der Waals surface area contributed by atoms with Crippen LogP contribution in [-0.4, -0.2) is 0 Å². The van der Waals surface area contributed by atoms with Gasteiger partial charge in [0.05, 0.1) is 0 Å². The molecular formula is C53H54O. The molecule has 0 radical (unpaired) electrons. The minimum Gasteiger partial charge on any atom is -0.455 e. The Balaban J connectivity index is 1.70. The third-order valence-corrected chi connectivity index (χ3v) is 14.3. The highest BCUT2D eigenvalue weighted by Gasteiger charge is 2.30. The SMILES string of the molecule is Cc1c(C)c(C)c2c(oc3c(C)c(C)c(C)c(-c4c5c(C)c(C)c(C)c(C)c5c(-c5ccc(-c6ccccc6)cc5)c5c(C)c(C)c(C)c(C)c45)c32)c1C. The molecule has 0 amide bonds. The Morgan fingerprint density at radius 2 is 0.574 bits per heavy atom. The van der Waals surface area contributed by atoms with Crippen LogP contribution in [0.5, 0.6) is 0 Å². The smallest absolute Gasteiger partial charge is 0.139 e. The highest BCUT2D eigenvalue weighted by atomic mass is 16.3. The first-order valence-electron chi connectivity index (χ1n) is 19.6. The summed E-state index contributed by atoms with van der Waals surface area (Å²) in [6, 6.07) is 20.1. The van der Waals surface area contributed by atoms with Gasteiger partial charge >= 0.3 is 0 Å². The molecule has 1 nitrogen and oxygen atoms in total. The lowest BCUT2D eigenvalue weighted by Crippen LogP contribution is -2.05. The van der Waals surface area contributed by atoms with Crippen molar-refractivity contribution in [2.24, 2.45) is 0 Å². The number of hydrogen-bond acceptors (Lipinski definition) is 1. The van der Waals surface area contributed by atoms with Crippen LogP contribution in [0.25, 0.3) is 76.9 Å². The zero-order valence-electron chi connectivity index (χ0n) is 35.1. The van der Waals surface area contributed by atoms with Gasteiger partial charge < -0.3 is 4.42 Å². The molecule has 8 rings (SSSR count). The highest BCUT2D eigenvalue weighted by molar-refractivity contribution is 6.29. The largest absolute Gasteiger partial charge is 0.455 e. The lowest BCUT2D eigenvalue weighted by atomic mass is 9.75. The molecule has 272 valence electrons. The summed E-state index contributed by atoms with van der Waals surface area (Å²) in [7, 11) is 0. The van der Waals surface area contributed by atoms with Crippen molar-refractivity contribution in [3.63, 3.8) is 0 Å². The molecule has 8 aromatic rings.